The lowest BCUT2D eigenvalue weighted by Gasteiger charge is -2.23. The average molecular weight is 218 g/mol. The van der Waals surface area contributed by atoms with Crippen molar-refractivity contribution in [1.29, 1.82) is 0 Å². The van der Waals surface area contributed by atoms with Crippen molar-refractivity contribution in [2.45, 2.75) is 45.1 Å². The van der Waals surface area contributed by atoms with Crippen LogP contribution in [-0.4, -0.2) is 6.04 Å². The molecule has 0 heterocycles. The Kier molecular flexibility index (Phi) is 3.97. The molecule has 1 aliphatic carbocycles. The van der Waals surface area contributed by atoms with Crippen molar-refractivity contribution in [3.8, 4) is 0 Å². The molecule has 1 unspecified atom stereocenters. The number of aryl methyl sites for hydroxylation is 1. The van der Waals surface area contributed by atoms with Crippen LogP contribution in [0.2, 0.25) is 0 Å². The number of hydrogen-bond acceptors (Lipinski definition) is 2. The minimum Gasteiger partial charge on any atom is -0.271 e. The Hall–Kier alpha value is -0.860. The van der Waals surface area contributed by atoms with Crippen molar-refractivity contribution >= 4 is 0 Å². The third kappa shape index (κ3) is 2.63. The van der Waals surface area contributed by atoms with E-state index < -0.39 is 0 Å². The summed E-state index contributed by atoms with van der Waals surface area (Å²) in [6, 6.07) is 9.05. The molecule has 3 N–H and O–H groups in total. The second-order valence-corrected chi connectivity index (χ2v) is 4.95. The van der Waals surface area contributed by atoms with E-state index in [4.69, 9.17) is 5.84 Å². The largest absolute Gasteiger partial charge is 0.271 e. The average Bonchev–Trinajstić information content (AvgIpc) is 2.81. The first kappa shape index (κ1) is 11.6. The number of benzene rings is 1. The third-order valence-electron chi connectivity index (χ3n) is 3.88. The van der Waals surface area contributed by atoms with Gasteiger partial charge in [-0.3, -0.25) is 11.3 Å². The molecule has 1 atom stereocenters. The standard InChI is InChI=1S/C14H22N2/c1-11-6-2-3-9-13(11)10-14(16-15)12-7-4-5-8-12/h2-3,6,9,12,14,16H,4-5,7-8,10,15H2,1H3. The fourth-order valence-electron chi connectivity index (χ4n) is 2.80. The van der Waals surface area contributed by atoms with E-state index in [0.29, 0.717) is 6.04 Å². The maximum Gasteiger partial charge on any atom is 0.0279 e. The zero-order valence-electron chi connectivity index (χ0n) is 10.1. The second kappa shape index (κ2) is 5.46. The van der Waals surface area contributed by atoms with E-state index >= 15 is 0 Å². The number of hydrogen-bond donors (Lipinski definition) is 2. The van der Waals surface area contributed by atoms with Crippen molar-refractivity contribution < 1.29 is 0 Å². The van der Waals surface area contributed by atoms with Crippen molar-refractivity contribution in [2.24, 2.45) is 11.8 Å². The Morgan fingerprint density at radius 3 is 2.62 bits per heavy atom. The van der Waals surface area contributed by atoms with Crippen LogP contribution in [0.5, 0.6) is 0 Å². The molecule has 1 aromatic rings. The fraction of sp³-hybridized carbons (Fsp3) is 0.571. The first-order chi connectivity index (χ1) is 7.81. The zero-order chi connectivity index (χ0) is 11.4. The molecule has 1 fully saturated rings. The van der Waals surface area contributed by atoms with Crippen molar-refractivity contribution in [3.63, 3.8) is 0 Å². The molecule has 2 heteroatoms. The van der Waals surface area contributed by atoms with Crippen molar-refractivity contribution in [2.75, 3.05) is 0 Å². The molecular formula is C14H22N2. The van der Waals surface area contributed by atoms with Gasteiger partial charge in [0.05, 0.1) is 0 Å². The lowest BCUT2D eigenvalue weighted by atomic mass is 9.91. The summed E-state index contributed by atoms with van der Waals surface area (Å²) < 4.78 is 0. The van der Waals surface area contributed by atoms with Gasteiger partial charge in [-0.1, -0.05) is 37.1 Å². The highest BCUT2D eigenvalue weighted by atomic mass is 15.2. The number of nitrogens with two attached hydrogens (primary N) is 1. The van der Waals surface area contributed by atoms with Crippen LogP contribution in [0, 0.1) is 12.8 Å². The highest BCUT2D eigenvalue weighted by Gasteiger charge is 2.24. The van der Waals surface area contributed by atoms with E-state index in [1.165, 1.54) is 36.8 Å². The lowest BCUT2D eigenvalue weighted by Crippen LogP contribution is -2.41. The van der Waals surface area contributed by atoms with E-state index in [0.717, 1.165) is 12.3 Å². The molecule has 0 saturated heterocycles. The first-order valence-corrected chi connectivity index (χ1v) is 6.32. The molecule has 2 nitrogen and oxygen atoms in total. The molecule has 0 aliphatic heterocycles. The van der Waals surface area contributed by atoms with Gasteiger partial charge in [-0.25, -0.2) is 0 Å². The Morgan fingerprint density at radius 2 is 2.00 bits per heavy atom. The van der Waals surface area contributed by atoms with Gasteiger partial charge in [0.15, 0.2) is 0 Å². The van der Waals surface area contributed by atoms with Gasteiger partial charge in [0, 0.05) is 6.04 Å². The number of rotatable bonds is 4. The van der Waals surface area contributed by atoms with Crippen LogP contribution in [-0.2, 0) is 6.42 Å². The predicted molar refractivity (Wildman–Crippen MR) is 68.0 cm³/mol. The van der Waals surface area contributed by atoms with Crippen molar-refractivity contribution in [1.82, 2.24) is 5.43 Å². The molecular weight excluding hydrogens is 196 g/mol. The summed E-state index contributed by atoms with van der Waals surface area (Å²) in [5.74, 6) is 6.47. The van der Waals surface area contributed by atoms with E-state index in [9.17, 15) is 0 Å². The topological polar surface area (TPSA) is 38.0 Å². The van der Waals surface area contributed by atoms with Crippen LogP contribution in [0.1, 0.15) is 36.8 Å². The maximum absolute atomic E-state index is 5.70. The quantitative estimate of drug-likeness (QED) is 0.602. The summed E-state index contributed by atoms with van der Waals surface area (Å²) in [6.45, 7) is 2.18. The van der Waals surface area contributed by atoms with Gasteiger partial charge in [-0.15, -0.1) is 0 Å². The molecule has 1 aromatic carbocycles. The van der Waals surface area contributed by atoms with Crippen LogP contribution >= 0.6 is 0 Å². The molecule has 2 rings (SSSR count). The van der Waals surface area contributed by atoms with Gasteiger partial charge in [0.25, 0.3) is 0 Å². The van der Waals surface area contributed by atoms with Gasteiger partial charge in [0.2, 0.25) is 0 Å². The van der Waals surface area contributed by atoms with Gasteiger partial charge >= 0.3 is 0 Å². The Bertz CT molecular complexity index is 329. The minimum atomic E-state index is 0.448. The minimum absolute atomic E-state index is 0.448. The number of nitrogens with one attached hydrogen (secondary N) is 1. The molecule has 0 amide bonds. The maximum atomic E-state index is 5.70. The number of hydrazine groups is 1. The molecule has 16 heavy (non-hydrogen) atoms. The summed E-state index contributed by atoms with van der Waals surface area (Å²) in [5, 5.41) is 0. The van der Waals surface area contributed by atoms with E-state index in [1.54, 1.807) is 0 Å². The van der Waals surface area contributed by atoms with Crippen LogP contribution in [0.25, 0.3) is 0 Å². The summed E-state index contributed by atoms with van der Waals surface area (Å²) in [6.07, 6.45) is 6.47. The third-order valence-corrected chi connectivity index (χ3v) is 3.88. The van der Waals surface area contributed by atoms with Crippen LogP contribution in [0.4, 0.5) is 0 Å². The Balaban J connectivity index is 2.03. The van der Waals surface area contributed by atoms with E-state index in [1.807, 2.05) is 0 Å². The Morgan fingerprint density at radius 1 is 1.31 bits per heavy atom. The summed E-state index contributed by atoms with van der Waals surface area (Å²) in [7, 11) is 0. The molecule has 0 radical (unpaired) electrons. The predicted octanol–water partition coefficient (Wildman–Crippen LogP) is 2.56. The highest BCUT2D eigenvalue weighted by Crippen LogP contribution is 2.29. The molecule has 0 aromatic heterocycles. The summed E-state index contributed by atoms with van der Waals surface area (Å²) in [4.78, 5) is 0. The van der Waals surface area contributed by atoms with Crippen molar-refractivity contribution in [3.05, 3.63) is 35.4 Å². The highest BCUT2D eigenvalue weighted by molar-refractivity contribution is 5.26. The fourth-order valence-corrected chi connectivity index (χ4v) is 2.80. The lowest BCUT2D eigenvalue weighted by molar-refractivity contribution is 0.361. The SMILES string of the molecule is Cc1ccccc1CC(NN)C1CCCC1. The molecule has 0 spiro atoms. The van der Waals surface area contributed by atoms with E-state index in [2.05, 4.69) is 36.6 Å². The van der Waals surface area contributed by atoms with Gasteiger partial charge in [-0.05, 0) is 43.2 Å². The van der Waals surface area contributed by atoms with E-state index in [-0.39, 0.29) is 0 Å². The Labute approximate surface area is 98.2 Å². The molecule has 1 saturated carbocycles. The second-order valence-electron chi connectivity index (χ2n) is 4.95. The van der Waals surface area contributed by atoms with Gasteiger partial charge < -0.3 is 0 Å². The normalized spacial score (nSPS) is 18.9. The summed E-state index contributed by atoms with van der Waals surface area (Å²) in [5.41, 5.74) is 5.82. The summed E-state index contributed by atoms with van der Waals surface area (Å²) >= 11 is 0. The molecule has 1 aliphatic rings. The monoisotopic (exact) mass is 218 g/mol. The van der Waals surface area contributed by atoms with Crippen LogP contribution in [0.3, 0.4) is 0 Å². The molecule has 0 bridgehead atoms. The van der Waals surface area contributed by atoms with Gasteiger partial charge in [-0.2, -0.15) is 0 Å². The first-order valence-electron chi connectivity index (χ1n) is 6.32. The molecule has 88 valence electrons. The van der Waals surface area contributed by atoms with Crippen LogP contribution < -0.4 is 11.3 Å². The smallest absolute Gasteiger partial charge is 0.0279 e. The van der Waals surface area contributed by atoms with Gasteiger partial charge in [0.1, 0.15) is 0 Å². The van der Waals surface area contributed by atoms with Crippen LogP contribution in [0.15, 0.2) is 24.3 Å². The zero-order valence-corrected chi connectivity index (χ0v) is 10.1.